The molecule has 2 fully saturated rings. The van der Waals surface area contributed by atoms with Gasteiger partial charge in [-0.1, -0.05) is 23.2 Å². The van der Waals surface area contributed by atoms with Crippen LogP contribution in [0.4, 0.5) is 10.1 Å². The number of nitrogens with zero attached hydrogens (tertiary/aromatic N) is 4. The highest BCUT2D eigenvalue weighted by molar-refractivity contribution is 6.32. The van der Waals surface area contributed by atoms with Gasteiger partial charge in [0.15, 0.2) is 11.0 Å². The number of nitrogens with one attached hydrogen (secondary N) is 1. The Morgan fingerprint density at radius 3 is 2.61 bits per heavy atom. The van der Waals surface area contributed by atoms with Gasteiger partial charge in [-0.05, 0) is 12.8 Å². The van der Waals surface area contributed by atoms with Crippen LogP contribution in [-0.4, -0.2) is 35.1 Å². The van der Waals surface area contributed by atoms with Gasteiger partial charge in [-0.3, -0.25) is 0 Å². The van der Waals surface area contributed by atoms with E-state index in [0.29, 0.717) is 23.2 Å². The third-order valence-corrected chi connectivity index (χ3v) is 5.04. The Hall–Kier alpha value is -1.68. The van der Waals surface area contributed by atoms with Crippen molar-refractivity contribution >= 4 is 39.8 Å². The van der Waals surface area contributed by atoms with Crippen molar-refractivity contribution < 1.29 is 4.39 Å². The Bertz CT molecular complexity index is 838. The average molecular weight is 352 g/mol. The van der Waals surface area contributed by atoms with Gasteiger partial charge >= 0.3 is 0 Å². The van der Waals surface area contributed by atoms with Crippen LogP contribution in [0.3, 0.4) is 0 Å². The van der Waals surface area contributed by atoms with Gasteiger partial charge in [0, 0.05) is 36.8 Å². The number of halogens is 3. The van der Waals surface area contributed by atoms with Crippen molar-refractivity contribution in [3.05, 3.63) is 27.9 Å². The molecule has 2 aliphatic rings. The van der Waals surface area contributed by atoms with Crippen LogP contribution in [0.5, 0.6) is 0 Å². The van der Waals surface area contributed by atoms with Crippen LogP contribution < -0.4 is 10.2 Å². The number of pyridine rings is 2. The summed E-state index contributed by atoms with van der Waals surface area (Å²) in [5.41, 5.74) is 0.905. The minimum atomic E-state index is -0.713. The summed E-state index contributed by atoms with van der Waals surface area (Å²) >= 11 is 11.9. The van der Waals surface area contributed by atoms with Crippen LogP contribution in [0.1, 0.15) is 18.4 Å². The molecular formula is C15H12Cl2FN5. The number of anilines is 1. The van der Waals surface area contributed by atoms with Crippen molar-refractivity contribution in [3.63, 3.8) is 0 Å². The van der Waals surface area contributed by atoms with Crippen LogP contribution in [-0.2, 0) is 0 Å². The number of fused-ring (bicyclic) bond motifs is 3. The zero-order valence-electron chi connectivity index (χ0n) is 12.0. The van der Waals surface area contributed by atoms with E-state index >= 15 is 0 Å². The Kier molecular flexibility index (Phi) is 3.52. The lowest BCUT2D eigenvalue weighted by atomic mass is 10.1. The zero-order chi connectivity index (χ0) is 16.1. The molecule has 4 rings (SSSR count). The predicted molar refractivity (Wildman–Crippen MR) is 86.4 cm³/mol. The average Bonchev–Trinajstić information content (AvgIpc) is 2.88. The van der Waals surface area contributed by atoms with Crippen molar-refractivity contribution in [2.75, 3.05) is 18.0 Å². The smallest absolute Gasteiger partial charge is 0.186 e. The van der Waals surface area contributed by atoms with Crippen LogP contribution >= 0.6 is 23.2 Å². The summed E-state index contributed by atoms with van der Waals surface area (Å²) in [6.07, 6.45) is 3.65. The van der Waals surface area contributed by atoms with Gasteiger partial charge in [0.1, 0.15) is 22.3 Å². The van der Waals surface area contributed by atoms with E-state index in [0.717, 1.165) is 25.9 Å². The molecule has 2 aliphatic heterocycles. The van der Waals surface area contributed by atoms with E-state index in [1.54, 1.807) is 0 Å². The van der Waals surface area contributed by atoms with E-state index in [-0.39, 0.29) is 21.4 Å². The van der Waals surface area contributed by atoms with Crippen molar-refractivity contribution in [1.29, 1.82) is 5.26 Å². The monoisotopic (exact) mass is 351 g/mol. The Labute approximate surface area is 142 Å². The van der Waals surface area contributed by atoms with Gasteiger partial charge < -0.3 is 10.2 Å². The second-order valence-corrected chi connectivity index (χ2v) is 6.62. The lowest BCUT2D eigenvalue weighted by Crippen LogP contribution is -2.51. The van der Waals surface area contributed by atoms with Gasteiger partial charge in [0.25, 0.3) is 0 Å². The summed E-state index contributed by atoms with van der Waals surface area (Å²) in [7, 11) is 0. The summed E-state index contributed by atoms with van der Waals surface area (Å²) in [4.78, 5) is 9.98. The second-order valence-electron chi connectivity index (χ2n) is 5.91. The Morgan fingerprint density at radius 1 is 1.26 bits per heavy atom. The summed E-state index contributed by atoms with van der Waals surface area (Å²) in [6.45, 7) is 1.48. The molecule has 23 heavy (non-hydrogen) atoms. The maximum Gasteiger partial charge on any atom is 0.186 e. The third kappa shape index (κ3) is 2.31. The van der Waals surface area contributed by atoms with Crippen LogP contribution in [0.15, 0.2) is 6.20 Å². The second kappa shape index (κ2) is 5.45. The lowest BCUT2D eigenvalue weighted by molar-refractivity contribution is 0.466. The molecule has 2 aromatic heterocycles. The molecule has 0 aromatic carbocycles. The summed E-state index contributed by atoms with van der Waals surface area (Å²) in [5, 5.41) is 13.2. The first-order valence-electron chi connectivity index (χ1n) is 7.32. The fourth-order valence-corrected chi connectivity index (χ4v) is 3.89. The molecule has 0 saturated carbocycles. The van der Waals surface area contributed by atoms with Crippen molar-refractivity contribution in [3.8, 4) is 6.07 Å². The molecule has 1 N–H and O–H groups in total. The normalized spacial score (nSPS) is 23.3. The number of aromatic nitrogens is 2. The zero-order valence-corrected chi connectivity index (χ0v) is 13.5. The molecule has 0 amide bonds. The SMILES string of the molecule is N#Cc1c(Cl)nc2c(F)c(Cl)ncc2c1N1CC2CCC(C1)N2. The van der Waals surface area contributed by atoms with Crippen LogP contribution in [0.2, 0.25) is 10.3 Å². The van der Waals surface area contributed by atoms with E-state index in [1.165, 1.54) is 6.20 Å². The first-order valence-corrected chi connectivity index (χ1v) is 8.08. The molecule has 2 unspecified atom stereocenters. The van der Waals surface area contributed by atoms with E-state index in [9.17, 15) is 9.65 Å². The Balaban J connectivity index is 1.97. The van der Waals surface area contributed by atoms with Crippen molar-refractivity contribution in [1.82, 2.24) is 15.3 Å². The minimum absolute atomic E-state index is 0.0120. The highest BCUT2D eigenvalue weighted by Gasteiger charge is 2.34. The van der Waals surface area contributed by atoms with Crippen molar-refractivity contribution in [2.24, 2.45) is 0 Å². The van der Waals surface area contributed by atoms with E-state index in [2.05, 4.69) is 26.3 Å². The van der Waals surface area contributed by atoms with Gasteiger partial charge in [0.2, 0.25) is 0 Å². The molecular weight excluding hydrogens is 340 g/mol. The summed E-state index contributed by atoms with van der Waals surface area (Å²) < 4.78 is 14.3. The summed E-state index contributed by atoms with van der Waals surface area (Å²) in [6, 6.07) is 2.83. The largest absolute Gasteiger partial charge is 0.367 e. The van der Waals surface area contributed by atoms with E-state index < -0.39 is 5.82 Å². The van der Waals surface area contributed by atoms with Gasteiger partial charge in [-0.15, -0.1) is 0 Å². The molecule has 4 heterocycles. The maximum atomic E-state index is 14.3. The Morgan fingerprint density at radius 2 is 1.96 bits per heavy atom. The van der Waals surface area contributed by atoms with Crippen molar-refractivity contribution in [2.45, 2.75) is 24.9 Å². The number of piperazine rings is 1. The highest BCUT2D eigenvalue weighted by Crippen LogP contribution is 2.37. The first-order chi connectivity index (χ1) is 11.1. The van der Waals surface area contributed by atoms with E-state index in [1.807, 2.05) is 0 Å². The predicted octanol–water partition coefficient (Wildman–Crippen LogP) is 2.89. The molecule has 0 radical (unpaired) electrons. The summed E-state index contributed by atoms with van der Waals surface area (Å²) in [5.74, 6) is -0.713. The van der Waals surface area contributed by atoms with E-state index in [4.69, 9.17) is 23.2 Å². The highest BCUT2D eigenvalue weighted by atomic mass is 35.5. The number of hydrogen-bond donors (Lipinski definition) is 1. The standard InChI is InChI=1S/C15H12Cl2FN5/c16-14-9(3-19)13(23-5-7-1-2-8(6-23)21-7)10-4-20-15(17)11(18)12(10)22-14/h4,7-8,21H,1-2,5-6H2. The number of hydrogen-bond acceptors (Lipinski definition) is 5. The molecule has 5 nitrogen and oxygen atoms in total. The maximum absolute atomic E-state index is 14.3. The molecule has 2 bridgehead atoms. The number of rotatable bonds is 1. The quantitative estimate of drug-likeness (QED) is 0.800. The minimum Gasteiger partial charge on any atom is -0.367 e. The number of nitriles is 1. The molecule has 2 atom stereocenters. The molecule has 2 aromatic rings. The molecule has 2 saturated heterocycles. The molecule has 0 spiro atoms. The van der Waals surface area contributed by atoms with Crippen LogP contribution in [0, 0.1) is 17.1 Å². The van der Waals surface area contributed by atoms with Gasteiger partial charge in [-0.25, -0.2) is 14.4 Å². The molecule has 8 heteroatoms. The third-order valence-electron chi connectivity index (χ3n) is 4.50. The lowest BCUT2D eigenvalue weighted by Gasteiger charge is -2.35. The van der Waals surface area contributed by atoms with Crippen LogP contribution in [0.25, 0.3) is 10.9 Å². The van der Waals surface area contributed by atoms with Gasteiger partial charge in [0.05, 0.1) is 5.69 Å². The first kappa shape index (κ1) is 14.9. The fraction of sp³-hybridized carbons (Fsp3) is 0.400. The fourth-order valence-electron chi connectivity index (χ4n) is 3.53. The molecule has 118 valence electrons. The van der Waals surface area contributed by atoms with Gasteiger partial charge in [-0.2, -0.15) is 5.26 Å². The topological polar surface area (TPSA) is 64.8 Å². The molecule has 0 aliphatic carbocycles.